The standard InChI is InChI=1S/C11H17NO/c1-5-7-10(6-2)12-11(13)8-9(3)4/h2,8,10H,5,7H2,1,3-4H3,(H,12,13). The second-order valence-corrected chi connectivity index (χ2v) is 3.24. The molecule has 0 aromatic rings. The van der Waals surface area contributed by atoms with Crippen molar-refractivity contribution < 1.29 is 4.79 Å². The summed E-state index contributed by atoms with van der Waals surface area (Å²) in [4.78, 5) is 11.2. The Morgan fingerprint density at radius 3 is 2.62 bits per heavy atom. The van der Waals surface area contributed by atoms with Crippen LogP contribution < -0.4 is 5.32 Å². The smallest absolute Gasteiger partial charge is 0.244 e. The molecule has 0 radical (unpaired) electrons. The zero-order valence-corrected chi connectivity index (χ0v) is 8.55. The van der Waals surface area contributed by atoms with Gasteiger partial charge in [-0.25, -0.2) is 0 Å². The summed E-state index contributed by atoms with van der Waals surface area (Å²) < 4.78 is 0. The maximum Gasteiger partial charge on any atom is 0.244 e. The van der Waals surface area contributed by atoms with Gasteiger partial charge in [-0.1, -0.05) is 24.8 Å². The van der Waals surface area contributed by atoms with Crippen LogP contribution in [0.25, 0.3) is 0 Å². The highest BCUT2D eigenvalue weighted by molar-refractivity contribution is 5.88. The summed E-state index contributed by atoms with van der Waals surface area (Å²) >= 11 is 0. The van der Waals surface area contributed by atoms with Crippen LogP contribution in [0, 0.1) is 12.3 Å². The number of hydrogen-bond acceptors (Lipinski definition) is 1. The minimum absolute atomic E-state index is 0.101. The van der Waals surface area contributed by atoms with Crippen molar-refractivity contribution in [3.05, 3.63) is 11.6 Å². The summed E-state index contributed by atoms with van der Waals surface area (Å²) in [5.74, 6) is 2.45. The van der Waals surface area contributed by atoms with Crippen LogP contribution in [0.4, 0.5) is 0 Å². The van der Waals surface area contributed by atoms with Crippen molar-refractivity contribution in [2.45, 2.75) is 39.7 Å². The number of nitrogens with one attached hydrogen (secondary N) is 1. The van der Waals surface area contributed by atoms with Crippen LogP contribution in [-0.4, -0.2) is 11.9 Å². The van der Waals surface area contributed by atoms with Gasteiger partial charge >= 0.3 is 0 Å². The summed E-state index contributed by atoms with van der Waals surface area (Å²) in [6.07, 6.45) is 8.62. The maximum absolute atomic E-state index is 11.2. The third-order valence-corrected chi connectivity index (χ3v) is 1.51. The molecule has 13 heavy (non-hydrogen) atoms. The first-order chi connectivity index (χ1) is 6.10. The first-order valence-electron chi connectivity index (χ1n) is 4.51. The molecule has 2 heteroatoms. The number of carbonyl (C=O) groups excluding carboxylic acids is 1. The third kappa shape index (κ3) is 5.98. The van der Waals surface area contributed by atoms with Crippen LogP contribution in [0.2, 0.25) is 0 Å². The van der Waals surface area contributed by atoms with E-state index in [1.807, 2.05) is 20.8 Å². The Balaban J connectivity index is 4.03. The van der Waals surface area contributed by atoms with E-state index in [-0.39, 0.29) is 11.9 Å². The lowest BCUT2D eigenvalue weighted by Gasteiger charge is -2.09. The van der Waals surface area contributed by atoms with E-state index < -0.39 is 0 Å². The molecule has 0 aliphatic heterocycles. The van der Waals surface area contributed by atoms with Crippen LogP contribution in [0.3, 0.4) is 0 Å². The molecule has 1 unspecified atom stereocenters. The van der Waals surface area contributed by atoms with E-state index in [2.05, 4.69) is 11.2 Å². The molecule has 0 aliphatic rings. The van der Waals surface area contributed by atoms with E-state index in [1.165, 1.54) is 0 Å². The molecule has 72 valence electrons. The van der Waals surface area contributed by atoms with Gasteiger partial charge in [0, 0.05) is 6.08 Å². The molecular formula is C11H17NO. The van der Waals surface area contributed by atoms with Gasteiger partial charge in [-0.2, -0.15) is 0 Å². The summed E-state index contributed by atoms with van der Waals surface area (Å²) in [5, 5.41) is 2.75. The zero-order chi connectivity index (χ0) is 10.3. The molecule has 0 aliphatic carbocycles. The highest BCUT2D eigenvalue weighted by Crippen LogP contribution is 1.95. The molecule has 1 atom stereocenters. The largest absolute Gasteiger partial charge is 0.339 e. The average molecular weight is 179 g/mol. The topological polar surface area (TPSA) is 29.1 Å². The molecule has 0 saturated heterocycles. The summed E-state index contributed by atoms with van der Waals surface area (Å²) in [6, 6.07) is -0.131. The number of carbonyl (C=O) groups is 1. The van der Waals surface area contributed by atoms with Crippen LogP contribution >= 0.6 is 0 Å². The second-order valence-electron chi connectivity index (χ2n) is 3.24. The Bertz CT molecular complexity index is 231. The molecule has 2 nitrogen and oxygen atoms in total. The predicted octanol–water partition coefficient (Wildman–Crippen LogP) is 1.87. The lowest BCUT2D eigenvalue weighted by Crippen LogP contribution is -2.32. The molecule has 0 fully saturated rings. The fraction of sp³-hybridized carbons (Fsp3) is 0.545. The first-order valence-corrected chi connectivity index (χ1v) is 4.51. The van der Waals surface area contributed by atoms with Crippen molar-refractivity contribution in [3.63, 3.8) is 0 Å². The number of hydrogen-bond donors (Lipinski definition) is 1. The van der Waals surface area contributed by atoms with Gasteiger partial charge in [-0.05, 0) is 20.3 Å². The number of amides is 1. The number of rotatable bonds is 4. The van der Waals surface area contributed by atoms with E-state index in [9.17, 15) is 4.79 Å². The second kappa shape index (κ2) is 6.30. The van der Waals surface area contributed by atoms with Crippen LogP contribution in [0.15, 0.2) is 11.6 Å². The lowest BCUT2D eigenvalue weighted by atomic mass is 10.2. The molecule has 1 N–H and O–H groups in total. The number of terminal acetylenes is 1. The molecular weight excluding hydrogens is 162 g/mol. The van der Waals surface area contributed by atoms with E-state index >= 15 is 0 Å². The molecule has 0 saturated carbocycles. The Labute approximate surface area is 80.4 Å². The average Bonchev–Trinajstić information content (AvgIpc) is 2.02. The van der Waals surface area contributed by atoms with Gasteiger partial charge in [0.1, 0.15) is 0 Å². The van der Waals surface area contributed by atoms with E-state index in [0.29, 0.717) is 0 Å². The van der Waals surface area contributed by atoms with Crippen molar-refractivity contribution in [3.8, 4) is 12.3 Å². The predicted molar refractivity (Wildman–Crippen MR) is 55.1 cm³/mol. The molecule has 0 spiro atoms. The fourth-order valence-electron chi connectivity index (χ4n) is 0.961. The summed E-state index contributed by atoms with van der Waals surface area (Å²) in [6.45, 7) is 5.80. The molecule has 0 aromatic carbocycles. The van der Waals surface area contributed by atoms with Gasteiger partial charge in [0.15, 0.2) is 0 Å². The fourth-order valence-corrected chi connectivity index (χ4v) is 0.961. The van der Waals surface area contributed by atoms with Crippen molar-refractivity contribution in [1.82, 2.24) is 5.32 Å². The highest BCUT2D eigenvalue weighted by atomic mass is 16.1. The van der Waals surface area contributed by atoms with Gasteiger partial charge in [0.05, 0.1) is 6.04 Å². The molecule has 0 aromatic heterocycles. The van der Waals surface area contributed by atoms with Crippen molar-refractivity contribution in [1.29, 1.82) is 0 Å². The van der Waals surface area contributed by atoms with Gasteiger partial charge in [-0.3, -0.25) is 4.79 Å². The monoisotopic (exact) mass is 179 g/mol. The Hall–Kier alpha value is -1.23. The highest BCUT2D eigenvalue weighted by Gasteiger charge is 2.05. The Morgan fingerprint density at radius 2 is 2.23 bits per heavy atom. The van der Waals surface area contributed by atoms with Gasteiger partial charge in [0.25, 0.3) is 0 Å². The molecule has 0 rings (SSSR count). The number of allylic oxidation sites excluding steroid dienone is 1. The summed E-state index contributed by atoms with van der Waals surface area (Å²) in [5.41, 5.74) is 0.977. The van der Waals surface area contributed by atoms with Gasteiger partial charge in [0.2, 0.25) is 5.91 Å². The minimum Gasteiger partial charge on any atom is -0.339 e. The van der Waals surface area contributed by atoms with Gasteiger partial charge in [-0.15, -0.1) is 6.42 Å². The lowest BCUT2D eigenvalue weighted by molar-refractivity contribution is -0.116. The van der Waals surface area contributed by atoms with Crippen LogP contribution in [0.5, 0.6) is 0 Å². The minimum atomic E-state index is -0.131. The normalized spacial score (nSPS) is 11.2. The van der Waals surface area contributed by atoms with Crippen molar-refractivity contribution in [2.75, 3.05) is 0 Å². The quantitative estimate of drug-likeness (QED) is 0.518. The first kappa shape index (κ1) is 11.8. The van der Waals surface area contributed by atoms with Crippen LogP contribution in [-0.2, 0) is 4.79 Å². The Morgan fingerprint density at radius 1 is 1.62 bits per heavy atom. The maximum atomic E-state index is 11.2. The third-order valence-electron chi connectivity index (χ3n) is 1.51. The van der Waals surface area contributed by atoms with E-state index in [4.69, 9.17) is 6.42 Å². The van der Waals surface area contributed by atoms with E-state index in [0.717, 1.165) is 18.4 Å². The zero-order valence-electron chi connectivity index (χ0n) is 8.55. The Kier molecular flexibility index (Phi) is 5.71. The molecule has 0 bridgehead atoms. The van der Waals surface area contributed by atoms with Crippen molar-refractivity contribution >= 4 is 5.91 Å². The SMILES string of the molecule is C#CC(CCC)NC(=O)C=C(C)C. The van der Waals surface area contributed by atoms with Gasteiger partial charge < -0.3 is 5.32 Å². The molecule has 1 amide bonds. The summed E-state index contributed by atoms with van der Waals surface area (Å²) in [7, 11) is 0. The van der Waals surface area contributed by atoms with E-state index in [1.54, 1.807) is 6.08 Å². The van der Waals surface area contributed by atoms with Crippen molar-refractivity contribution in [2.24, 2.45) is 0 Å². The molecule has 0 heterocycles. The van der Waals surface area contributed by atoms with Crippen LogP contribution in [0.1, 0.15) is 33.6 Å².